The van der Waals surface area contributed by atoms with Gasteiger partial charge in [0.15, 0.2) is 0 Å². The Morgan fingerprint density at radius 2 is 2.24 bits per heavy atom. The summed E-state index contributed by atoms with van der Waals surface area (Å²) in [6, 6.07) is 2.90. The number of hydrogen-bond donors (Lipinski definition) is 2. The predicted molar refractivity (Wildman–Crippen MR) is 78.3 cm³/mol. The molecule has 0 aliphatic heterocycles. The largest absolute Gasteiger partial charge is 0.480 e. The van der Waals surface area contributed by atoms with Crippen LogP contribution in [-0.2, 0) is 4.79 Å². The van der Waals surface area contributed by atoms with Crippen LogP contribution in [0, 0.1) is 6.92 Å². The van der Waals surface area contributed by atoms with Crippen molar-refractivity contribution in [2.75, 3.05) is 0 Å². The second-order valence-corrected chi connectivity index (χ2v) is 5.05. The van der Waals surface area contributed by atoms with E-state index < -0.39 is 17.9 Å². The minimum atomic E-state index is -1.02. The number of nitrogens with zero attached hydrogens (tertiary/aromatic N) is 2. The van der Waals surface area contributed by atoms with Gasteiger partial charge in [0.1, 0.15) is 17.4 Å². The molecule has 0 aliphatic carbocycles. The molecular weight excluding hydrogens is 270 g/mol. The second kappa shape index (κ2) is 6.39. The van der Waals surface area contributed by atoms with Crippen LogP contribution >= 0.6 is 0 Å². The molecule has 2 N–H and O–H groups in total. The first kappa shape index (κ1) is 15.0. The molecule has 0 bridgehead atoms. The number of carboxylic acid groups (broad SMARTS) is 1. The van der Waals surface area contributed by atoms with Crippen molar-refractivity contribution in [3.63, 3.8) is 0 Å². The third kappa shape index (κ3) is 3.39. The molecule has 0 fully saturated rings. The molecule has 6 nitrogen and oxygen atoms in total. The van der Waals surface area contributed by atoms with Crippen LogP contribution in [0.25, 0.3) is 5.65 Å². The van der Waals surface area contributed by atoms with Gasteiger partial charge in [0, 0.05) is 12.4 Å². The molecular formula is C15H19N3O3. The molecule has 0 radical (unpaired) electrons. The number of imidazole rings is 1. The van der Waals surface area contributed by atoms with E-state index in [9.17, 15) is 9.59 Å². The third-order valence-electron chi connectivity index (χ3n) is 3.36. The number of aromatic nitrogens is 2. The van der Waals surface area contributed by atoms with Crippen molar-refractivity contribution in [3.8, 4) is 0 Å². The average Bonchev–Trinajstić information content (AvgIpc) is 2.88. The summed E-state index contributed by atoms with van der Waals surface area (Å²) in [5.74, 6) is -1.47. The summed E-state index contributed by atoms with van der Waals surface area (Å²) >= 11 is 0. The highest BCUT2D eigenvalue weighted by atomic mass is 16.4. The van der Waals surface area contributed by atoms with Crippen molar-refractivity contribution in [2.24, 2.45) is 0 Å². The van der Waals surface area contributed by atoms with E-state index in [1.807, 2.05) is 26.0 Å². The number of pyridine rings is 1. The summed E-state index contributed by atoms with van der Waals surface area (Å²) in [6.45, 7) is 3.89. The van der Waals surface area contributed by atoms with E-state index in [1.165, 1.54) is 0 Å². The van der Waals surface area contributed by atoms with Gasteiger partial charge in [0.05, 0.1) is 0 Å². The Hall–Kier alpha value is -2.37. The van der Waals surface area contributed by atoms with E-state index in [2.05, 4.69) is 10.3 Å². The summed E-state index contributed by atoms with van der Waals surface area (Å²) in [5, 5.41) is 11.7. The molecule has 1 atom stereocenters. The Labute approximate surface area is 122 Å². The molecule has 2 aromatic heterocycles. The van der Waals surface area contributed by atoms with Gasteiger partial charge in [-0.15, -0.1) is 0 Å². The number of rotatable bonds is 6. The molecule has 0 saturated carbocycles. The van der Waals surface area contributed by atoms with E-state index in [4.69, 9.17) is 5.11 Å². The Bertz CT molecular complexity index is 663. The molecule has 0 aromatic carbocycles. The molecule has 0 saturated heterocycles. The number of nitrogens with one attached hydrogen (secondary N) is 1. The maximum atomic E-state index is 12.2. The van der Waals surface area contributed by atoms with Gasteiger partial charge in [-0.05, 0) is 25.0 Å². The van der Waals surface area contributed by atoms with Gasteiger partial charge < -0.3 is 14.8 Å². The maximum Gasteiger partial charge on any atom is 0.326 e. The van der Waals surface area contributed by atoms with E-state index in [1.54, 1.807) is 16.8 Å². The molecule has 6 heteroatoms. The number of unbranched alkanes of at least 4 members (excludes halogenated alkanes) is 1. The summed E-state index contributed by atoms with van der Waals surface area (Å²) in [6.07, 6.45) is 5.47. The molecule has 0 spiro atoms. The predicted octanol–water partition coefficient (Wildman–Crippen LogP) is 2.02. The Balaban J connectivity index is 2.17. The first-order valence-corrected chi connectivity index (χ1v) is 7.01. The topological polar surface area (TPSA) is 83.7 Å². The van der Waals surface area contributed by atoms with Gasteiger partial charge in [0.2, 0.25) is 0 Å². The lowest BCUT2D eigenvalue weighted by molar-refractivity contribution is -0.139. The number of carbonyl (C=O) groups is 2. The minimum absolute atomic E-state index is 0.229. The fourth-order valence-electron chi connectivity index (χ4n) is 2.16. The lowest BCUT2D eigenvalue weighted by atomic mass is 10.1. The highest BCUT2D eigenvalue weighted by Crippen LogP contribution is 2.10. The van der Waals surface area contributed by atoms with Crippen molar-refractivity contribution in [2.45, 2.75) is 39.2 Å². The number of aliphatic carboxylic acids is 1. The molecule has 0 aliphatic rings. The number of carboxylic acids is 1. The third-order valence-corrected chi connectivity index (χ3v) is 3.36. The van der Waals surface area contributed by atoms with Gasteiger partial charge in [-0.3, -0.25) is 4.79 Å². The summed E-state index contributed by atoms with van der Waals surface area (Å²) in [5.41, 5.74) is 1.88. The zero-order valence-corrected chi connectivity index (χ0v) is 12.2. The monoisotopic (exact) mass is 289 g/mol. The first-order valence-electron chi connectivity index (χ1n) is 7.01. The Morgan fingerprint density at radius 3 is 2.86 bits per heavy atom. The summed E-state index contributed by atoms with van der Waals surface area (Å²) in [7, 11) is 0. The van der Waals surface area contributed by atoms with Crippen molar-refractivity contribution in [1.29, 1.82) is 0 Å². The highest BCUT2D eigenvalue weighted by molar-refractivity contribution is 5.95. The number of fused-ring (bicyclic) bond motifs is 1. The van der Waals surface area contributed by atoms with Crippen molar-refractivity contribution >= 4 is 17.5 Å². The first-order chi connectivity index (χ1) is 10.0. The zero-order valence-electron chi connectivity index (χ0n) is 12.2. The van der Waals surface area contributed by atoms with Gasteiger partial charge in [-0.2, -0.15) is 0 Å². The van der Waals surface area contributed by atoms with Crippen LogP contribution in [0.2, 0.25) is 0 Å². The van der Waals surface area contributed by atoms with Crippen LogP contribution in [0.4, 0.5) is 0 Å². The highest BCUT2D eigenvalue weighted by Gasteiger charge is 2.21. The summed E-state index contributed by atoms with van der Waals surface area (Å²) < 4.78 is 1.76. The van der Waals surface area contributed by atoms with Gasteiger partial charge in [0.25, 0.3) is 5.91 Å². The molecule has 2 aromatic rings. The van der Waals surface area contributed by atoms with Gasteiger partial charge >= 0.3 is 5.97 Å². The SMILES string of the molecule is CCCCC(NC(=O)c1cn2cccc(C)c2n1)C(=O)O. The quantitative estimate of drug-likeness (QED) is 0.852. The fraction of sp³-hybridized carbons (Fsp3) is 0.400. The standard InChI is InChI=1S/C15H19N3O3/c1-3-4-7-11(15(20)21)17-14(19)12-9-18-8-5-6-10(2)13(18)16-12/h5-6,8-9,11H,3-4,7H2,1-2H3,(H,17,19)(H,20,21). The van der Waals surface area contributed by atoms with Crippen LogP contribution in [-0.4, -0.2) is 32.4 Å². The van der Waals surface area contributed by atoms with E-state index in [-0.39, 0.29) is 5.69 Å². The van der Waals surface area contributed by atoms with Gasteiger partial charge in [-0.1, -0.05) is 25.8 Å². The Morgan fingerprint density at radius 1 is 1.48 bits per heavy atom. The van der Waals surface area contributed by atoms with Crippen LogP contribution < -0.4 is 5.32 Å². The molecule has 1 amide bonds. The van der Waals surface area contributed by atoms with Crippen LogP contribution in [0.1, 0.15) is 42.2 Å². The molecule has 2 rings (SSSR count). The second-order valence-electron chi connectivity index (χ2n) is 5.05. The van der Waals surface area contributed by atoms with Gasteiger partial charge in [-0.25, -0.2) is 9.78 Å². The average molecular weight is 289 g/mol. The van der Waals surface area contributed by atoms with Crippen LogP contribution in [0.3, 0.4) is 0 Å². The number of aryl methyl sites for hydroxylation is 1. The molecule has 21 heavy (non-hydrogen) atoms. The lowest BCUT2D eigenvalue weighted by Gasteiger charge is -2.12. The molecule has 1 unspecified atom stereocenters. The van der Waals surface area contributed by atoms with E-state index in [0.29, 0.717) is 12.1 Å². The van der Waals surface area contributed by atoms with Crippen molar-refractivity contribution in [3.05, 3.63) is 35.8 Å². The minimum Gasteiger partial charge on any atom is -0.480 e. The summed E-state index contributed by atoms with van der Waals surface area (Å²) in [4.78, 5) is 27.6. The lowest BCUT2D eigenvalue weighted by Crippen LogP contribution is -2.40. The molecule has 2 heterocycles. The normalized spacial score (nSPS) is 12.3. The maximum absolute atomic E-state index is 12.2. The van der Waals surface area contributed by atoms with E-state index in [0.717, 1.165) is 18.4 Å². The van der Waals surface area contributed by atoms with Crippen LogP contribution in [0.15, 0.2) is 24.5 Å². The van der Waals surface area contributed by atoms with Crippen LogP contribution in [0.5, 0.6) is 0 Å². The number of hydrogen-bond acceptors (Lipinski definition) is 3. The molecule has 112 valence electrons. The smallest absolute Gasteiger partial charge is 0.326 e. The fourth-order valence-corrected chi connectivity index (χ4v) is 2.16. The number of amides is 1. The van der Waals surface area contributed by atoms with Crippen molar-refractivity contribution in [1.82, 2.24) is 14.7 Å². The van der Waals surface area contributed by atoms with Crippen molar-refractivity contribution < 1.29 is 14.7 Å². The number of carbonyl (C=O) groups excluding carboxylic acids is 1. The zero-order chi connectivity index (χ0) is 15.4. The Kier molecular flexibility index (Phi) is 4.57. The van der Waals surface area contributed by atoms with E-state index >= 15 is 0 Å².